The molecule has 0 bridgehead atoms. The number of alkyl halides is 7. The Kier molecular flexibility index (Phi) is 4.39. The van der Waals surface area contributed by atoms with Crippen LogP contribution in [-0.2, 0) is 23.9 Å². The molecule has 4 nitrogen and oxygen atoms in total. The van der Waals surface area contributed by atoms with Crippen molar-refractivity contribution in [1.82, 2.24) is 9.78 Å². The van der Waals surface area contributed by atoms with Crippen molar-refractivity contribution < 1.29 is 40.6 Å². The van der Waals surface area contributed by atoms with Gasteiger partial charge < -0.3 is 5.11 Å². The molecular formula is C11H11F7N2O2. The summed E-state index contributed by atoms with van der Waals surface area (Å²) < 4.78 is 91.5. The summed E-state index contributed by atoms with van der Waals surface area (Å²) >= 11 is 0. The molecule has 0 fully saturated rings. The lowest BCUT2D eigenvalue weighted by molar-refractivity contribution is -0.324. The molecule has 0 aliphatic heterocycles. The number of aryl methyl sites for hydroxylation is 1. The fourth-order valence-corrected chi connectivity index (χ4v) is 2.31. The molecule has 0 amide bonds. The van der Waals surface area contributed by atoms with Gasteiger partial charge in [-0.2, -0.15) is 18.3 Å². The molecule has 1 aliphatic rings. The molecule has 0 aromatic carbocycles. The number of fused-ring (bicyclic) bond motifs is 1. The van der Waals surface area contributed by atoms with Crippen molar-refractivity contribution in [3.05, 3.63) is 17.0 Å². The van der Waals surface area contributed by atoms with Crippen LogP contribution in [-0.4, -0.2) is 34.0 Å². The normalized spacial score (nSPS) is 22.2. The van der Waals surface area contributed by atoms with Crippen LogP contribution in [0.3, 0.4) is 0 Å². The number of nitrogens with zero attached hydrogens (tertiary/aromatic N) is 2. The number of halogens is 7. The highest BCUT2D eigenvalue weighted by Gasteiger charge is 2.46. The number of rotatable bonds is 4. The Labute approximate surface area is 119 Å². The first kappa shape index (κ1) is 17.0. The third kappa shape index (κ3) is 3.51. The number of hydrogen-bond donors (Lipinski definition) is 1. The van der Waals surface area contributed by atoms with Gasteiger partial charge in [-0.25, -0.2) is 4.39 Å². The van der Waals surface area contributed by atoms with Crippen LogP contribution in [0, 0.1) is 0 Å². The number of hydrogen-bond acceptors (Lipinski definition) is 3. The van der Waals surface area contributed by atoms with Gasteiger partial charge in [0.25, 0.3) is 0 Å². The molecule has 0 saturated heterocycles. The Hall–Kier alpha value is -1.36. The molecule has 1 aliphatic carbocycles. The molecule has 1 aromatic rings. The molecule has 0 unspecified atom stereocenters. The Bertz CT molecular complexity index is 538. The van der Waals surface area contributed by atoms with Gasteiger partial charge >= 0.3 is 12.5 Å². The minimum atomic E-state index is -4.89. The number of ether oxygens (including phenoxy) is 1. The molecule has 1 N–H and O–H groups in total. The largest absolute Gasteiger partial charge is 0.522 e. The predicted octanol–water partition coefficient (Wildman–Crippen LogP) is 2.76. The second-order valence-corrected chi connectivity index (χ2v) is 4.74. The maximum absolute atomic E-state index is 13.4. The number of aromatic nitrogens is 2. The van der Waals surface area contributed by atoms with Crippen molar-refractivity contribution in [3.63, 3.8) is 0 Å². The molecule has 0 radical (unpaired) electrons. The first-order chi connectivity index (χ1) is 10.0. The topological polar surface area (TPSA) is 47.3 Å². The lowest BCUT2D eigenvalue weighted by Crippen LogP contribution is -2.17. The van der Waals surface area contributed by atoms with Gasteiger partial charge in [-0.05, 0) is 6.42 Å². The summed E-state index contributed by atoms with van der Waals surface area (Å²) in [6.45, 7) is -1.07. The minimum absolute atomic E-state index is 0.153. The summed E-state index contributed by atoms with van der Waals surface area (Å²) in [5.74, 6) is 0. The van der Waals surface area contributed by atoms with Crippen LogP contribution in [0.25, 0.3) is 0 Å². The summed E-state index contributed by atoms with van der Waals surface area (Å²) in [6, 6.07) is 0. The zero-order valence-electron chi connectivity index (χ0n) is 10.9. The van der Waals surface area contributed by atoms with Gasteiger partial charge in [0.1, 0.15) is 12.3 Å². The van der Waals surface area contributed by atoms with Crippen LogP contribution in [0.4, 0.5) is 30.7 Å². The first-order valence-corrected chi connectivity index (χ1v) is 6.20. The van der Waals surface area contributed by atoms with Crippen LogP contribution in [0.15, 0.2) is 0 Å². The molecule has 2 atom stereocenters. The van der Waals surface area contributed by atoms with Gasteiger partial charge in [-0.3, -0.25) is 9.42 Å². The standard InChI is InChI=1S/C11H11F7N2O2/c12-5-4-6-7(8(5)21)9(10(13,14)15)19-20(6)2-1-3-22-11(16,17)18/h5,8,21H,1-4H2/t5-,8+/m0/s1. The highest BCUT2D eigenvalue weighted by molar-refractivity contribution is 5.36. The van der Waals surface area contributed by atoms with Gasteiger partial charge in [-0.15, -0.1) is 13.2 Å². The van der Waals surface area contributed by atoms with Crippen molar-refractivity contribution in [1.29, 1.82) is 0 Å². The molecule has 126 valence electrons. The van der Waals surface area contributed by atoms with Crippen molar-refractivity contribution in [2.24, 2.45) is 0 Å². The van der Waals surface area contributed by atoms with Crippen LogP contribution in [0.2, 0.25) is 0 Å². The van der Waals surface area contributed by atoms with E-state index in [4.69, 9.17) is 0 Å². The molecule has 2 rings (SSSR count). The quantitative estimate of drug-likeness (QED) is 0.679. The maximum Gasteiger partial charge on any atom is 0.522 e. The van der Waals surface area contributed by atoms with Crippen molar-refractivity contribution in [3.8, 4) is 0 Å². The lowest BCUT2D eigenvalue weighted by Gasteiger charge is -2.10. The van der Waals surface area contributed by atoms with Gasteiger partial charge in [0.2, 0.25) is 0 Å². The average Bonchev–Trinajstić information content (AvgIpc) is 2.83. The molecule has 22 heavy (non-hydrogen) atoms. The van der Waals surface area contributed by atoms with Crippen LogP contribution < -0.4 is 0 Å². The Balaban J connectivity index is 2.15. The minimum Gasteiger partial charge on any atom is -0.385 e. The Morgan fingerprint density at radius 2 is 1.86 bits per heavy atom. The van der Waals surface area contributed by atoms with E-state index in [-0.39, 0.29) is 18.7 Å². The molecule has 0 spiro atoms. The van der Waals surface area contributed by atoms with Crippen LogP contribution in [0.1, 0.15) is 29.5 Å². The summed E-state index contributed by atoms with van der Waals surface area (Å²) in [4.78, 5) is 0. The fraction of sp³-hybridized carbons (Fsp3) is 0.727. The number of aliphatic hydroxyl groups is 1. The van der Waals surface area contributed by atoms with E-state index in [9.17, 15) is 35.8 Å². The predicted molar refractivity (Wildman–Crippen MR) is 57.4 cm³/mol. The van der Waals surface area contributed by atoms with Gasteiger partial charge in [-0.1, -0.05) is 0 Å². The summed E-state index contributed by atoms with van der Waals surface area (Å²) in [7, 11) is 0. The van der Waals surface area contributed by atoms with E-state index in [0.717, 1.165) is 4.68 Å². The lowest BCUT2D eigenvalue weighted by atomic mass is 10.1. The monoisotopic (exact) mass is 336 g/mol. The number of aliphatic hydroxyl groups excluding tert-OH is 1. The second-order valence-electron chi connectivity index (χ2n) is 4.74. The Morgan fingerprint density at radius 1 is 1.23 bits per heavy atom. The van der Waals surface area contributed by atoms with Crippen LogP contribution >= 0.6 is 0 Å². The first-order valence-electron chi connectivity index (χ1n) is 6.20. The summed E-state index contributed by atoms with van der Waals surface area (Å²) in [5.41, 5.74) is -2.21. The van der Waals surface area contributed by atoms with Crippen molar-refractivity contribution in [2.75, 3.05) is 6.61 Å². The fourth-order valence-electron chi connectivity index (χ4n) is 2.31. The second kappa shape index (κ2) is 5.69. The van der Waals surface area contributed by atoms with E-state index < -0.39 is 49.1 Å². The van der Waals surface area contributed by atoms with Crippen molar-refractivity contribution >= 4 is 0 Å². The maximum atomic E-state index is 13.4. The molecule has 11 heteroatoms. The summed E-state index contributed by atoms with van der Waals surface area (Å²) in [6.07, 6.45) is -14.3. The smallest absolute Gasteiger partial charge is 0.385 e. The molecule has 1 aromatic heterocycles. The molecule has 0 saturated carbocycles. The van der Waals surface area contributed by atoms with E-state index in [1.54, 1.807) is 0 Å². The zero-order chi connectivity index (χ0) is 16.7. The highest BCUT2D eigenvalue weighted by Crippen LogP contribution is 2.42. The zero-order valence-corrected chi connectivity index (χ0v) is 10.9. The van der Waals surface area contributed by atoms with E-state index in [2.05, 4.69) is 9.84 Å². The van der Waals surface area contributed by atoms with Crippen LogP contribution in [0.5, 0.6) is 0 Å². The van der Waals surface area contributed by atoms with E-state index in [1.165, 1.54) is 0 Å². The van der Waals surface area contributed by atoms with E-state index in [0.29, 0.717) is 0 Å². The Morgan fingerprint density at radius 3 is 2.41 bits per heavy atom. The molecule has 1 heterocycles. The third-order valence-electron chi connectivity index (χ3n) is 3.17. The van der Waals surface area contributed by atoms with Gasteiger partial charge in [0, 0.05) is 24.2 Å². The van der Waals surface area contributed by atoms with E-state index in [1.807, 2.05) is 0 Å². The SMILES string of the molecule is O[C@H]1c2c(C(F)(F)F)nn(CCCOC(F)(F)F)c2C[C@@H]1F. The third-order valence-corrected chi connectivity index (χ3v) is 3.17. The highest BCUT2D eigenvalue weighted by atomic mass is 19.4. The van der Waals surface area contributed by atoms with E-state index >= 15 is 0 Å². The van der Waals surface area contributed by atoms with Crippen molar-refractivity contribution in [2.45, 2.75) is 44.2 Å². The average molecular weight is 336 g/mol. The van der Waals surface area contributed by atoms with Gasteiger partial charge in [0.15, 0.2) is 5.69 Å². The summed E-state index contributed by atoms with van der Waals surface area (Å²) in [5, 5.41) is 12.7. The molecular weight excluding hydrogens is 325 g/mol. The van der Waals surface area contributed by atoms with Gasteiger partial charge in [0.05, 0.1) is 6.61 Å².